The SMILES string of the molecule is CCCCCCCC/C=C\CCCCCCCCCCCCCC(=O)N[C@@H](CO[C@@H]1O[C@H](COS(=O)(=O)O)[C@H](OS(=O)(=O)O)[C@H](OC(=O)c2ccccc2)[C@H]1OC(=O)c1ccccc1)[C@@H](/C=C/CCCCCCCCCCCCC)OC(=O)c1ccccc1. The van der Waals surface area contributed by atoms with Crippen LogP contribution in [0, 0.1) is 0 Å². The lowest BCUT2D eigenvalue weighted by Crippen LogP contribution is -2.63. The van der Waals surface area contributed by atoms with E-state index in [4.69, 9.17) is 27.9 Å². The Balaban J connectivity index is 1.55. The zero-order chi connectivity index (χ0) is 64.2. The molecule has 498 valence electrons. The third kappa shape index (κ3) is 34.6. The van der Waals surface area contributed by atoms with Crippen LogP contribution in [0.5, 0.6) is 0 Å². The van der Waals surface area contributed by atoms with Crippen LogP contribution in [-0.2, 0) is 57.6 Å². The second-order valence-electron chi connectivity index (χ2n) is 23.2. The molecule has 3 N–H and O–H groups in total. The minimum Gasteiger partial charge on any atom is -0.452 e. The number of carbonyl (C=O) groups excluding carboxylic acids is 4. The lowest BCUT2D eigenvalue weighted by molar-refractivity contribution is -0.296. The minimum atomic E-state index is -5.53. The smallest absolute Gasteiger partial charge is 0.397 e. The molecule has 0 aliphatic carbocycles. The first-order chi connectivity index (χ1) is 43.1. The van der Waals surface area contributed by atoms with E-state index in [9.17, 15) is 45.1 Å². The zero-order valence-electron chi connectivity index (χ0n) is 52.9. The molecule has 3 aromatic rings. The molecular formula is C69H103NO17S2. The summed E-state index contributed by atoms with van der Waals surface area (Å²) in [6.45, 7) is 2.63. The van der Waals surface area contributed by atoms with Crippen molar-refractivity contribution in [2.45, 2.75) is 262 Å². The molecule has 20 heteroatoms. The van der Waals surface area contributed by atoms with Crippen LogP contribution in [0.4, 0.5) is 0 Å². The number of carbonyl (C=O) groups is 4. The number of nitrogens with one attached hydrogen (secondary N) is 1. The van der Waals surface area contributed by atoms with Crippen molar-refractivity contribution < 1.29 is 77.2 Å². The van der Waals surface area contributed by atoms with Crippen LogP contribution in [-0.4, -0.2) is 106 Å². The second-order valence-corrected chi connectivity index (χ2v) is 25.3. The molecule has 0 aromatic heterocycles. The van der Waals surface area contributed by atoms with Crippen LogP contribution in [0.15, 0.2) is 115 Å². The largest absolute Gasteiger partial charge is 0.452 e. The Morgan fingerprint density at radius 1 is 0.494 bits per heavy atom. The molecule has 1 aliphatic rings. The molecular weight excluding hydrogens is 1180 g/mol. The van der Waals surface area contributed by atoms with E-state index in [1.54, 1.807) is 48.5 Å². The molecule has 7 atom stereocenters. The Morgan fingerprint density at radius 3 is 1.31 bits per heavy atom. The summed E-state index contributed by atoms with van der Waals surface area (Å²) in [5, 5.41) is 3.00. The molecule has 1 heterocycles. The highest BCUT2D eigenvalue weighted by Crippen LogP contribution is 2.33. The summed E-state index contributed by atoms with van der Waals surface area (Å²) in [4.78, 5) is 56.0. The van der Waals surface area contributed by atoms with Crippen molar-refractivity contribution in [1.29, 1.82) is 0 Å². The third-order valence-corrected chi connectivity index (χ3v) is 16.5. The van der Waals surface area contributed by atoms with Gasteiger partial charge >= 0.3 is 38.7 Å². The molecule has 0 spiro atoms. The van der Waals surface area contributed by atoms with Crippen LogP contribution >= 0.6 is 0 Å². The summed E-state index contributed by atoms with van der Waals surface area (Å²) in [6, 6.07) is 21.9. The summed E-state index contributed by atoms with van der Waals surface area (Å²) >= 11 is 0. The number of esters is 3. The summed E-state index contributed by atoms with van der Waals surface area (Å²) in [5.41, 5.74) is 0.126. The monoisotopic (exact) mass is 1280 g/mol. The predicted molar refractivity (Wildman–Crippen MR) is 345 cm³/mol. The van der Waals surface area contributed by atoms with E-state index in [0.717, 1.165) is 64.2 Å². The van der Waals surface area contributed by atoms with E-state index in [1.807, 2.05) is 6.08 Å². The second kappa shape index (κ2) is 45.9. The summed E-state index contributed by atoms with van der Waals surface area (Å²) in [7, 11) is -10.8. The van der Waals surface area contributed by atoms with E-state index in [2.05, 4.69) is 35.5 Å². The van der Waals surface area contributed by atoms with Crippen molar-refractivity contribution in [3.63, 3.8) is 0 Å². The number of ether oxygens (including phenoxy) is 5. The van der Waals surface area contributed by atoms with E-state index in [0.29, 0.717) is 12.8 Å². The maximum atomic E-state index is 14.1. The average molecular weight is 1280 g/mol. The molecule has 3 aromatic carbocycles. The molecule has 0 unspecified atom stereocenters. The van der Waals surface area contributed by atoms with Gasteiger partial charge < -0.3 is 29.0 Å². The molecule has 1 fully saturated rings. The Bertz CT molecular complexity index is 2680. The quantitative estimate of drug-likeness (QED) is 0.0156. The molecule has 1 amide bonds. The van der Waals surface area contributed by atoms with E-state index in [-0.39, 0.29) is 23.1 Å². The van der Waals surface area contributed by atoms with Gasteiger partial charge in [-0.3, -0.25) is 13.9 Å². The minimum absolute atomic E-state index is 0.0251. The van der Waals surface area contributed by atoms with Crippen LogP contribution in [0.3, 0.4) is 0 Å². The first-order valence-electron chi connectivity index (χ1n) is 33.0. The topological polar surface area (TPSA) is 254 Å². The van der Waals surface area contributed by atoms with E-state index in [1.165, 1.54) is 171 Å². The molecule has 89 heavy (non-hydrogen) atoms. The summed E-state index contributed by atoms with van der Waals surface area (Å²) < 4.78 is 109. The standard InChI is InChI=1S/C69H103NO17S2/c1-3-5-7-9-11-13-15-17-18-19-20-21-22-23-24-26-28-30-32-34-45-53-62(71)70-59(60(83-66(72)56-46-38-35-39-47-56)52-44-33-31-29-27-25-16-14-12-10-8-6-4-2)54-81-69-65(86-68(74)58-50-42-37-43-51-58)64(85-67(73)57-48-40-36-41-49-57)63(87-89(78,79)80)61(84-69)55-82-88(75,76)77/h17-18,35-44,46-52,59-61,63-65,69H,3-16,19-34,45,53-55H2,1-2H3,(H,70,71)(H,75,76,77)(H,78,79,80)/b18-17-,52-44+/t59-,60+,61+,63-,64-,65+,69+/m0/s1. The highest BCUT2D eigenvalue weighted by molar-refractivity contribution is 7.81. The number of hydrogen-bond donors (Lipinski definition) is 3. The van der Waals surface area contributed by atoms with E-state index >= 15 is 0 Å². The van der Waals surface area contributed by atoms with Crippen molar-refractivity contribution in [3.8, 4) is 0 Å². The molecule has 0 bridgehead atoms. The van der Waals surface area contributed by atoms with Gasteiger partial charge in [-0.1, -0.05) is 241 Å². The van der Waals surface area contributed by atoms with Crippen molar-refractivity contribution in [2.24, 2.45) is 0 Å². The zero-order valence-corrected chi connectivity index (χ0v) is 54.5. The van der Waals surface area contributed by atoms with Gasteiger partial charge in [0.15, 0.2) is 18.5 Å². The Kier molecular flexibility index (Phi) is 39.2. The van der Waals surface area contributed by atoms with Gasteiger partial charge in [-0.05, 0) is 87.4 Å². The number of unbranched alkanes of at least 4 members (excludes halogenated alkanes) is 28. The van der Waals surface area contributed by atoms with Gasteiger partial charge in [0.2, 0.25) is 5.91 Å². The van der Waals surface area contributed by atoms with Crippen LogP contribution in [0.2, 0.25) is 0 Å². The maximum absolute atomic E-state index is 14.1. The van der Waals surface area contributed by atoms with Gasteiger partial charge in [0, 0.05) is 6.42 Å². The van der Waals surface area contributed by atoms with Crippen LogP contribution < -0.4 is 5.32 Å². The van der Waals surface area contributed by atoms with Gasteiger partial charge in [0.25, 0.3) is 0 Å². The number of amides is 1. The molecule has 0 saturated carbocycles. The van der Waals surface area contributed by atoms with Crippen molar-refractivity contribution in [1.82, 2.24) is 5.32 Å². The van der Waals surface area contributed by atoms with Crippen molar-refractivity contribution in [2.75, 3.05) is 13.2 Å². The lowest BCUT2D eigenvalue weighted by atomic mass is 9.98. The predicted octanol–water partition coefficient (Wildman–Crippen LogP) is 15.5. The van der Waals surface area contributed by atoms with Gasteiger partial charge in [0.05, 0.1) is 35.9 Å². The van der Waals surface area contributed by atoms with Gasteiger partial charge in [-0.25, -0.2) is 22.7 Å². The van der Waals surface area contributed by atoms with Crippen molar-refractivity contribution in [3.05, 3.63) is 132 Å². The fourth-order valence-electron chi connectivity index (χ4n) is 10.6. The number of rotatable bonds is 50. The first kappa shape index (κ1) is 76.1. The fourth-order valence-corrected chi connectivity index (χ4v) is 11.5. The number of benzene rings is 3. The summed E-state index contributed by atoms with van der Waals surface area (Å²) in [6.07, 6.45) is 32.1. The fraction of sp³-hybridized carbons (Fsp3) is 0.623. The van der Waals surface area contributed by atoms with Crippen molar-refractivity contribution >= 4 is 44.6 Å². The maximum Gasteiger partial charge on any atom is 0.397 e. The lowest BCUT2D eigenvalue weighted by Gasteiger charge is -2.44. The molecule has 1 saturated heterocycles. The Labute approximate surface area is 531 Å². The number of hydrogen-bond acceptors (Lipinski definition) is 15. The van der Waals surface area contributed by atoms with Crippen LogP contribution in [0.25, 0.3) is 0 Å². The number of allylic oxidation sites excluding steroid dienone is 3. The third-order valence-electron chi connectivity index (χ3n) is 15.6. The average Bonchev–Trinajstić information content (AvgIpc) is 1.74. The molecule has 0 radical (unpaired) electrons. The molecule has 4 rings (SSSR count). The Morgan fingerprint density at radius 2 is 0.888 bits per heavy atom. The van der Waals surface area contributed by atoms with Crippen LogP contribution in [0.1, 0.15) is 250 Å². The Hall–Kier alpha value is -5.32. The first-order valence-corrected chi connectivity index (χ1v) is 35.7. The van der Waals surface area contributed by atoms with Gasteiger partial charge in [-0.15, -0.1) is 0 Å². The highest BCUT2D eigenvalue weighted by atomic mass is 32.3. The highest BCUT2D eigenvalue weighted by Gasteiger charge is 2.54. The van der Waals surface area contributed by atoms with E-state index < -0.39 is 101 Å². The molecule has 1 aliphatic heterocycles. The van der Waals surface area contributed by atoms with Gasteiger partial charge in [-0.2, -0.15) is 16.8 Å². The summed E-state index contributed by atoms with van der Waals surface area (Å²) in [5.74, 6) is -3.30. The van der Waals surface area contributed by atoms with Gasteiger partial charge in [0.1, 0.15) is 18.3 Å². The molecule has 18 nitrogen and oxygen atoms in total. The normalized spacial score (nSPS) is 17.8.